The van der Waals surface area contributed by atoms with Crippen LogP contribution in [0.4, 0.5) is 0 Å². The molecule has 0 aliphatic heterocycles. The van der Waals surface area contributed by atoms with Crippen LogP contribution in [0.3, 0.4) is 0 Å². The lowest BCUT2D eigenvalue weighted by Crippen LogP contribution is -2.30. The molecule has 2 aromatic carbocycles. The van der Waals surface area contributed by atoms with E-state index in [-0.39, 0.29) is 11.4 Å². The fourth-order valence-electron chi connectivity index (χ4n) is 2.74. The Balaban J connectivity index is 1.70. The maximum Gasteiger partial charge on any atom is 0.235 e. The first kappa shape index (κ1) is 18.4. The van der Waals surface area contributed by atoms with E-state index >= 15 is 0 Å². The van der Waals surface area contributed by atoms with Crippen LogP contribution in [-0.4, -0.2) is 29.6 Å². The van der Waals surface area contributed by atoms with Crippen molar-refractivity contribution in [1.29, 1.82) is 0 Å². The molecule has 1 amide bonds. The molecule has 1 N–H and O–H groups in total. The standard InChI is InChI=1S/C18H18ClN3O3S/c1-2-22-16-6-4-3-5-15(16)21-17(22)11-20-18(23)12-26(24,25)14-9-7-13(19)8-10-14/h3-10H,2,11-12H2,1H3,(H,20,23). The number of aromatic nitrogens is 2. The number of imidazole rings is 1. The summed E-state index contributed by atoms with van der Waals surface area (Å²) in [5.74, 6) is -0.512. The molecule has 0 spiro atoms. The van der Waals surface area contributed by atoms with Crippen LogP contribution in [0.15, 0.2) is 53.4 Å². The molecule has 0 radical (unpaired) electrons. The lowest BCUT2D eigenvalue weighted by Gasteiger charge is -2.08. The predicted molar refractivity (Wildman–Crippen MR) is 101 cm³/mol. The normalized spacial score (nSPS) is 11.6. The van der Waals surface area contributed by atoms with Gasteiger partial charge in [0.15, 0.2) is 9.84 Å². The van der Waals surface area contributed by atoms with E-state index in [1.807, 2.05) is 35.8 Å². The Labute approximate surface area is 156 Å². The van der Waals surface area contributed by atoms with Crippen LogP contribution in [0.5, 0.6) is 0 Å². The highest BCUT2D eigenvalue weighted by atomic mass is 35.5. The molecule has 136 valence electrons. The SMILES string of the molecule is CCn1c(CNC(=O)CS(=O)(=O)c2ccc(Cl)cc2)nc2ccccc21. The van der Waals surface area contributed by atoms with Crippen molar-refractivity contribution < 1.29 is 13.2 Å². The molecule has 6 nitrogen and oxygen atoms in total. The molecular formula is C18H18ClN3O3S. The van der Waals surface area contributed by atoms with E-state index in [1.54, 1.807) is 0 Å². The maximum atomic E-state index is 12.3. The van der Waals surface area contributed by atoms with Gasteiger partial charge in [0.25, 0.3) is 0 Å². The molecule has 0 aliphatic carbocycles. The highest BCUT2D eigenvalue weighted by Gasteiger charge is 2.20. The van der Waals surface area contributed by atoms with E-state index in [4.69, 9.17) is 11.6 Å². The fraction of sp³-hybridized carbons (Fsp3) is 0.222. The summed E-state index contributed by atoms with van der Waals surface area (Å²) in [5.41, 5.74) is 1.82. The summed E-state index contributed by atoms with van der Waals surface area (Å²) < 4.78 is 26.6. The summed E-state index contributed by atoms with van der Waals surface area (Å²) in [7, 11) is -3.72. The van der Waals surface area contributed by atoms with Gasteiger partial charge >= 0.3 is 0 Å². The van der Waals surface area contributed by atoms with Gasteiger partial charge in [-0.25, -0.2) is 13.4 Å². The number of nitrogens with zero attached hydrogens (tertiary/aromatic N) is 2. The largest absolute Gasteiger partial charge is 0.348 e. The fourth-order valence-corrected chi connectivity index (χ4v) is 4.03. The van der Waals surface area contributed by atoms with E-state index in [1.165, 1.54) is 24.3 Å². The van der Waals surface area contributed by atoms with Crippen LogP contribution < -0.4 is 5.32 Å². The van der Waals surface area contributed by atoms with Crippen LogP contribution in [-0.2, 0) is 27.7 Å². The Morgan fingerprint density at radius 1 is 1.15 bits per heavy atom. The van der Waals surface area contributed by atoms with E-state index in [0.29, 0.717) is 17.4 Å². The Morgan fingerprint density at radius 3 is 2.54 bits per heavy atom. The molecule has 0 aliphatic rings. The summed E-state index contributed by atoms with van der Waals surface area (Å²) in [4.78, 5) is 16.7. The van der Waals surface area contributed by atoms with Gasteiger partial charge in [-0.1, -0.05) is 23.7 Å². The number of hydrogen-bond donors (Lipinski definition) is 1. The second-order valence-corrected chi connectivity index (χ2v) is 8.18. The summed E-state index contributed by atoms with van der Waals surface area (Å²) in [6.07, 6.45) is 0. The van der Waals surface area contributed by atoms with Crippen LogP contribution in [0.2, 0.25) is 5.02 Å². The molecule has 3 aromatic rings. The third-order valence-corrected chi connectivity index (χ3v) is 5.87. The molecule has 3 rings (SSSR count). The first-order chi connectivity index (χ1) is 12.4. The number of para-hydroxylation sites is 2. The zero-order chi connectivity index (χ0) is 18.7. The smallest absolute Gasteiger partial charge is 0.235 e. The third-order valence-electron chi connectivity index (χ3n) is 3.99. The lowest BCUT2D eigenvalue weighted by atomic mass is 10.3. The van der Waals surface area contributed by atoms with E-state index in [0.717, 1.165) is 11.0 Å². The van der Waals surface area contributed by atoms with Gasteiger partial charge in [-0.05, 0) is 43.3 Å². The second-order valence-electron chi connectivity index (χ2n) is 5.75. The number of rotatable bonds is 6. The zero-order valence-electron chi connectivity index (χ0n) is 14.1. The van der Waals surface area contributed by atoms with Crippen LogP contribution >= 0.6 is 11.6 Å². The Kier molecular flexibility index (Phi) is 5.29. The summed E-state index contributed by atoms with van der Waals surface area (Å²) in [6, 6.07) is 13.4. The summed E-state index contributed by atoms with van der Waals surface area (Å²) in [5, 5.41) is 3.08. The minimum absolute atomic E-state index is 0.0675. The van der Waals surface area contributed by atoms with Crippen molar-refractivity contribution in [2.24, 2.45) is 0 Å². The molecule has 8 heteroatoms. The second kappa shape index (κ2) is 7.47. The van der Waals surface area contributed by atoms with Crippen molar-refractivity contribution in [2.45, 2.75) is 24.9 Å². The number of benzene rings is 2. The molecule has 0 saturated carbocycles. The number of hydrogen-bond acceptors (Lipinski definition) is 4. The summed E-state index contributed by atoms with van der Waals surface area (Å²) in [6.45, 7) is 2.86. The third kappa shape index (κ3) is 3.89. The molecule has 0 unspecified atom stereocenters. The average molecular weight is 392 g/mol. The number of carbonyl (C=O) groups excluding carboxylic acids is 1. The molecular weight excluding hydrogens is 374 g/mol. The molecule has 0 bridgehead atoms. The molecule has 0 atom stereocenters. The van der Waals surface area contributed by atoms with Crippen molar-refractivity contribution >= 4 is 38.4 Å². The van der Waals surface area contributed by atoms with Gasteiger partial charge in [-0.3, -0.25) is 4.79 Å². The zero-order valence-corrected chi connectivity index (χ0v) is 15.7. The number of nitrogens with one attached hydrogen (secondary N) is 1. The van der Waals surface area contributed by atoms with Gasteiger partial charge in [0.05, 0.1) is 22.5 Å². The van der Waals surface area contributed by atoms with Gasteiger partial charge in [-0.2, -0.15) is 0 Å². The van der Waals surface area contributed by atoms with Gasteiger partial charge in [-0.15, -0.1) is 0 Å². The minimum Gasteiger partial charge on any atom is -0.348 e. The minimum atomic E-state index is -3.72. The monoisotopic (exact) mass is 391 g/mol. The van der Waals surface area contributed by atoms with Crippen LogP contribution in [0, 0.1) is 0 Å². The van der Waals surface area contributed by atoms with Crippen molar-refractivity contribution in [3.8, 4) is 0 Å². The quantitative estimate of drug-likeness (QED) is 0.700. The van der Waals surface area contributed by atoms with Crippen molar-refractivity contribution in [3.05, 3.63) is 59.4 Å². The van der Waals surface area contributed by atoms with Gasteiger partial charge in [0.1, 0.15) is 11.6 Å². The lowest BCUT2D eigenvalue weighted by molar-refractivity contribution is -0.118. The van der Waals surface area contributed by atoms with Gasteiger partial charge in [0.2, 0.25) is 5.91 Å². The predicted octanol–water partition coefficient (Wildman–Crippen LogP) is 2.80. The van der Waals surface area contributed by atoms with Gasteiger partial charge in [0, 0.05) is 11.6 Å². The first-order valence-corrected chi connectivity index (χ1v) is 10.1. The van der Waals surface area contributed by atoms with Gasteiger partial charge < -0.3 is 9.88 Å². The Bertz CT molecular complexity index is 1040. The number of carbonyl (C=O) groups is 1. The Hall–Kier alpha value is -2.38. The summed E-state index contributed by atoms with van der Waals surface area (Å²) >= 11 is 5.76. The molecule has 0 saturated heterocycles. The van der Waals surface area contributed by atoms with Crippen molar-refractivity contribution in [3.63, 3.8) is 0 Å². The van der Waals surface area contributed by atoms with Crippen molar-refractivity contribution in [1.82, 2.24) is 14.9 Å². The van der Waals surface area contributed by atoms with Crippen LogP contribution in [0.1, 0.15) is 12.7 Å². The number of sulfone groups is 1. The maximum absolute atomic E-state index is 12.3. The van der Waals surface area contributed by atoms with E-state index in [2.05, 4.69) is 10.3 Å². The average Bonchev–Trinajstić information content (AvgIpc) is 2.97. The number of amides is 1. The first-order valence-electron chi connectivity index (χ1n) is 8.10. The molecule has 1 heterocycles. The highest BCUT2D eigenvalue weighted by Crippen LogP contribution is 2.17. The number of halogens is 1. The van der Waals surface area contributed by atoms with Crippen LogP contribution in [0.25, 0.3) is 11.0 Å². The number of aryl methyl sites for hydroxylation is 1. The Morgan fingerprint density at radius 2 is 1.85 bits per heavy atom. The molecule has 0 fully saturated rings. The molecule has 26 heavy (non-hydrogen) atoms. The van der Waals surface area contributed by atoms with E-state index < -0.39 is 21.5 Å². The topological polar surface area (TPSA) is 81.1 Å². The highest BCUT2D eigenvalue weighted by molar-refractivity contribution is 7.92. The van der Waals surface area contributed by atoms with E-state index in [9.17, 15) is 13.2 Å². The number of fused-ring (bicyclic) bond motifs is 1. The van der Waals surface area contributed by atoms with Crippen molar-refractivity contribution in [2.75, 3.05) is 5.75 Å². The molecule has 1 aromatic heterocycles.